The number of unbranched alkanes of at least 4 members (excludes halogenated alkanes) is 9. The van der Waals surface area contributed by atoms with E-state index in [4.69, 9.17) is 14.8 Å². The fraction of sp³-hybridized carbons (Fsp3) is 1.00. The SMILES string of the molecule is CCOP(=O)(CCCCCCCCCCCCNCCN)OCC. The van der Waals surface area contributed by atoms with Gasteiger partial charge in [0.05, 0.1) is 19.4 Å². The van der Waals surface area contributed by atoms with Crippen molar-refractivity contribution in [2.45, 2.75) is 78.1 Å². The Morgan fingerprint density at radius 3 is 1.67 bits per heavy atom. The number of hydrogen-bond acceptors (Lipinski definition) is 5. The maximum Gasteiger partial charge on any atom is 0.330 e. The van der Waals surface area contributed by atoms with Crippen LogP contribution in [-0.2, 0) is 13.6 Å². The summed E-state index contributed by atoms with van der Waals surface area (Å²) >= 11 is 0. The Kier molecular flexibility index (Phi) is 17.9. The lowest BCUT2D eigenvalue weighted by Crippen LogP contribution is -2.23. The van der Waals surface area contributed by atoms with Crippen LogP contribution in [0, 0.1) is 0 Å². The minimum absolute atomic E-state index is 0.459. The van der Waals surface area contributed by atoms with Crippen LogP contribution in [0.25, 0.3) is 0 Å². The maximum absolute atomic E-state index is 12.3. The van der Waals surface area contributed by atoms with Gasteiger partial charge in [0.1, 0.15) is 0 Å². The zero-order valence-corrected chi connectivity index (χ0v) is 17.0. The molecule has 0 aromatic rings. The highest BCUT2D eigenvalue weighted by Crippen LogP contribution is 2.48. The summed E-state index contributed by atoms with van der Waals surface area (Å²) < 4.78 is 22.9. The molecule has 6 heteroatoms. The Morgan fingerprint density at radius 1 is 0.750 bits per heavy atom. The highest BCUT2D eigenvalue weighted by atomic mass is 31.2. The van der Waals surface area contributed by atoms with Crippen molar-refractivity contribution in [2.24, 2.45) is 5.73 Å². The van der Waals surface area contributed by atoms with Crippen molar-refractivity contribution in [3.05, 3.63) is 0 Å². The van der Waals surface area contributed by atoms with Crippen LogP contribution in [0.3, 0.4) is 0 Å². The molecule has 3 N–H and O–H groups in total. The molecule has 0 spiro atoms. The lowest BCUT2D eigenvalue weighted by molar-refractivity contribution is 0.219. The van der Waals surface area contributed by atoms with Gasteiger partial charge in [0, 0.05) is 13.1 Å². The minimum Gasteiger partial charge on any atom is -0.329 e. The van der Waals surface area contributed by atoms with E-state index >= 15 is 0 Å². The molecule has 0 saturated heterocycles. The average Bonchev–Trinajstić information content (AvgIpc) is 2.55. The topological polar surface area (TPSA) is 73.6 Å². The average molecular weight is 365 g/mol. The second kappa shape index (κ2) is 17.9. The van der Waals surface area contributed by atoms with Gasteiger partial charge in [-0.1, -0.05) is 51.4 Å². The van der Waals surface area contributed by atoms with Crippen LogP contribution < -0.4 is 11.1 Å². The maximum atomic E-state index is 12.3. The van der Waals surface area contributed by atoms with Crippen LogP contribution >= 0.6 is 7.60 Å². The van der Waals surface area contributed by atoms with Gasteiger partial charge in [-0.25, -0.2) is 0 Å². The van der Waals surface area contributed by atoms with Crippen molar-refractivity contribution in [2.75, 3.05) is 39.0 Å². The molecule has 0 radical (unpaired) electrons. The summed E-state index contributed by atoms with van der Waals surface area (Å²) in [6, 6.07) is 0. The van der Waals surface area contributed by atoms with Gasteiger partial charge >= 0.3 is 7.60 Å². The van der Waals surface area contributed by atoms with Gasteiger partial charge in [-0.15, -0.1) is 0 Å². The standard InChI is InChI=1S/C18H41N2O3P/c1-3-22-24(21,23-4-2)18-14-12-10-8-6-5-7-9-11-13-16-20-17-15-19/h20H,3-19H2,1-2H3. The number of nitrogens with two attached hydrogens (primary N) is 1. The first-order valence-electron chi connectivity index (χ1n) is 9.97. The first kappa shape index (κ1) is 24.1. The number of hydrogen-bond donors (Lipinski definition) is 2. The van der Waals surface area contributed by atoms with Crippen molar-refractivity contribution in [3.63, 3.8) is 0 Å². The van der Waals surface area contributed by atoms with Gasteiger partial charge in [-0.2, -0.15) is 0 Å². The molecule has 0 heterocycles. The predicted octanol–water partition coefficient (Wildman–Crippen LogP) is 4.70. The normalized spacial score (nSPS) is 12.0. The van der Waals surface area contributed by atoms with Crippen LogP contribution in [0.4, 0.5) is 0 Å². The summed E-state index contributed by atoms with van der Waals surface area (Å²) in [5.41, 5.74) is 5.43. The summed E-state index contributed by atoms with van der Waals surface area (Å²) in [6.45, 7) is 7.41. The number of rotatable bonds is 19. The first-order valence-corrected chi connectivity index (χ1v) is 11.7. The predicted molar refractivity (Wildman–Crippen MR) is 104 cm³/mol. The Balaban J connectivity index is 3.31. The van der Waals surface area contributed by atoms with Gasteiger partial charge in [0.2, 0.25) is 0 Å². The molecule has 0 aromatic heterocycles. The molecule has 5 nitrogen and oxygen atoms in total. The van der Waals surface area contributed by atoms with E-state index < -0.39 is 7.60 Å². The molecule has 0 aliphatic rings. The zero-order valence-electron chi connectivity index (χ0n) is 16.1. The van der Waals surface area contributed by atoms with Gasteiger partial charge in [-0.05, 0) is 33.2 Å². The Hall–Kier alpha value is 0.0700. The van der Waals surface area contributed by atoms with Crippen molar-refractivity contribution in [3.8, 4) is 0 Å². The minimum atomic E-state index is -2.82. The Labute approximate surface area is 150 Å². The molecule has 0 fully saturated rings. The molecule has 0 unspecified atom stereocenters. The van der Waals surface area contributed by atoms with Crippen molar-refractivity contribution < 1.29 is 13.6 Å². The van der Waals surface area contributed by atoms with Gasteiger partial charge in [0.25, 0.3) is 0 Å². The van der Waals surface area contributed by atoms with Crippen LogP contribution in [0.15, 0.2) is 0 Å². The Bertz CT molecular complexity index is 294. The summed E-state index contributed by atoms with van der Waals surface area (Å²) in [7, 11) is -2.82. The van der Waals surface area contributed by atoms with Crippen molar-refractivity contribution >= 4 is 7.60 Å². The summed E-state index contributed by atoms with van der Waals surface area (Å²) in [5.74, 6) is 0. The molecule has 0 rings (SSSR count). The van der Waals surface area contributed by atoms with E-state index in [1.807, 2.05) is 13.8 Å². The van der Waals surface area contributed by atoms with Crippen molar-refractivity contribution in [1.82, 2.24) is 5.32 Å². The van der Waals surface area contributed by atoms with E-state index in [2.05, 4.69) is 5.32 Å². The lowest BCUT2D eigenvalue weighted by Gasteiger charge is -2.16. The van der Waals surface area contributed by atoms with Gasteiger partial charge < -0.3 is 20.1 Å². The largest absolute Gasteiger partial charge is 0.330 e. The molecule has 0 aliphatic carbocycles. The van der Waals surface area contributed by atoms with Gasteiger partial charge in [-0.3, -0.25) is 4.57 Å². The van der Waals surface area contributed by atoms with Crippen LogP contribution in [0.5, 0.6) is 0 Å². The van der Waals surface area contributed by atoms with E-state index in [-0.39, 0.29) is 0 Å². The molecule has 0 amide bonds. The molecule has 0 atom stereocenters. The lowest BCUT2D eigenvalue weighted by atomic mass is 10.1. The van der Waals surface area contributed by atoms with Crippen LogP contribution in [0.2, 0.25) is 0 Å². The fourth-order valence-electron chi connectivity index (χ4n) is 2.76. The molecule has 0 aromatic carbocycles. The number of nitrogens with one attached hydrogen (secondary N) is 1. The molecule has 146 valence electrons. The zero-order chi connectivity index (χ0) is 17.9. The monoisotopic (exact) mass is 364 g/mol. The van der Waals surface area contributed by atoms with E-state index in [0.717, 1.165) is 32.5 Å². The summed E-state index contributed by atoms with van der Waals surface area (Å²) in [6.07, 6.45) is 13.1. The van der Waals surface area contributed by atoms with Crippen LogP contribution in [0.1, 0.15) is 78.1 Å². The third-order valence-electron chi connectivity index (χ3n) is 4.01. The smallest absolute Gasteiger partial charge is 0.329 e. The second-order valence-corrected chi connectivity index (χ2v) is 8.43. The quantitative estimate of drug-likeness (QED) is 0.257. The summed E-state index contributed by atoms with van der Waals surface area (Å²) in [5, 5.41) is 3.33. The second-order valence-electron chi connectivity index (χ2n) is 6.24. The molecule has 0 aliphatic heterocycles. The third-order valence-corrected chi connectivity index (χ3v) is 6.18. The molecule has 24 heavy (non-hydrogen) atoms. The molecule has 0 bridgehead atoms. The van der Waals surface area contributed by atoms with E-state index in [0.29, 0.717) is 19.4 Å². The molecular formula is C18H41N2O3P. The highest BCUT2D eigenvalue weighted by molar-refractivity contribution is 7.53. The fourth-order valence-corrected chi connectivity index (χ4v) is 4.49. The third kappa shape index (κ3) is 15.6. The van der Waals surface area contributed by atoms with E-state index in [1.165, 1.54) is 51.4 Å². The first-order chi connectivity index (χ1) is 11.7. The highest BCUT2D eigenvalue weighted by Gasteiger charge is 2.22. The summed E-state index contributed by atoms with van der Waals surface area (Å²) in [4.78, 5) is 0. The Morgan fingerprint density at radius 2 is 1.21 bits per heavy atom. The van der Waals surface area contributed by atoms with E-state index in [1.54, 1.807) is 0 Å². The molecular weight excluding hydrogens is 323 g/mol. The van der Waals surface area contributed by atoms with Gasteiger partial charge in [0.15, 0.2) is 0 Å². The van der Waals surface area contributed by atoms with Crippen molar-refractivity contribution in [1.29, 1.82) is 0 Å². The van der Waals surface area contributed by atoms with E-state index in [9.17, 15) is 4.57 Å². The van der Waals surface area contributed by atoms with Crippen LogP contribution in [-0.4, -0.2) is 39.0 Å². The molecule has 0 saturated carbocycles.